The Morgan fingerprint density at radius 1 is 1.12 bits per heavy atom. The molecule has 1 heterocycles. The zero-order valence-corrected chi connectivity index (χ0v) is 18.6. The molecule has 0 bridgehead atoms. The molecular formula is C24H22N4O6. The van der Waals surface area contributed by atoms with Crippen LogP contribution in [0.25, 0.3) is 0 Å². The molecular weight excluding hydrogens is 440 g/mol. The number of hydrazone groups is 1. The average molecular weight is 462 g/mol. The van der Waals surface area contributed by atoms with Crippen LogP contribution in [-0.2, 0) is 6.42 Å². The van der Waals surface area contributed by atoms with E-state index in [2.05, 4.69) is 15.8 Å². The predicted octanol–water partition coefficient (Wildman–Crippen LogP) is 4.23. The molecule has 2 amide bonds. The second-order valence-electron chi connectivity index (χ2n) is 7.70. The van der Waals surface area contributed by atoms with E-state index in [1.807, 2.05) is 0 Å². The zero-order chi connectivity index (χ0) is 24.2. The van der Waals surface area contributed by atoms with Crippen molar-refractivity contribution in [2.75, 3.05) is 12.4 Å². The van der Waals surface area contributed by atoms with Crippen molar-refractivity contribution in [3.63, 3.8) is 0 Å². The molecule has 0 fully saturated rings. The summed E-state index contributed by atoms with van der Waals surface area (Å²) >= 11 is 0. The van der Waals surface area contributed by atoms with Crippen LogP contribution in [0.2, 0.25) is 0 Å². The van der Waals surface area contributed by atoms with Gasteiger partial charge in [0, 0.05) is 40.9 Å². The van der Waals surface area contributed by atoms with E-state index in [4.69, 9.17) is 9.15 Å². The van der Waals surface area contributed by atoms with Gasteiger partial charge >= 0.3 is 0 Å². The monoisotopic (exact) mass is 462 g/mol. The smallest absolute Gasteiger partial charge is 0.291 e. The molecule has 0 radical (unpaired) electrons. The Labute approximate surface area is 194 Å². The third-order valence-corrected chi connectivity index (χ3v) is 5.47. The summed E-state index contributed by atoms with van der Waals surface area (Å²) in [7, 11) is 1.52. The minimum atomic E-state index is -0.533. The standard InChI is InChI=1S/C24H22N4O6/c1-14-21-19(26-27-23(29)15-6-3-9-18(12-15)33-2)10-5-11-20(21)34-22(14)24(30)25-16-7-4-8-17(13-16)28(31)32/h3-4,6-9,12-13H,5,10-11H2,1-2H3,(H,25,30)(H,27,29)/b26-19+. The number of amides is 2. The van der Waals surface area contributed by atoms with E-state index in [9.17, 15) is 19.7 Å². The fourth-order valence-corrected chi connectivity index (χ4v) is 3.83. The lowest BCUT2D eigenvalue weighted by Gasteiger charge is -2.13. The normalized spacial score (nSPS) is 13.8. The topological polar surface area (TPSA) is 136 Å². The van der Waals surface area contributed by atoms with Crippen molar-refractivity contribution in [2.45, 2.75) is 26.2 Å². The third kappa shape index (κ3) is 4.65. The molecule has 1 aliphatic carbocycles. The van der Waals surface area contributed by atoms with Gasteiger partial charge in [0.15, 0.2) is 5.76 Å². The number of carbonyl (C=O) groups excluding carboxylic acids is 2. The van der Waals surface area contributed by atoms with Gasteiger partial charge in [0.2, 0.25) is 0 Å². The summed E-state index contributed by atoms with van der Waals surface area (Å²) in [5, 5.41) is 17.9. The maximum Gasteiger partial charge on any atom is 0.291 e. The van der Waals surface area contributed by atoms with Gasteiger partial charge < -0.3 is 14.5 Å². The Morgan fingerprint density at radius 3 is 2.68 bits per heavy atom. The van der Waals surface area contributed by atoms with Crippen molar-refractivity contribution in [3.05, 3.63) is 86.9 Å². The highest BCUT2D eigenvalue weighted by Gasteiger charge is 2.28. The van der Waals surface area contributed by atoms with Gasteiger partial charge in [0.05, 0.1) is 17.7 Å². The molecule has 4 rings (SSSR count). The fraction of sp³-hybridized carbons (Fsp3) is 0.208. The van der Waals surface area contributed by atoms with Crippen LogP contribution in [0.4, 0.5) is 11.4 Å². The van der Waals surface area contributed by atoms with Crippen LogP contribution in [0.15, 0.2) is 58.0 Å². The number of nitro benzene ring substituents is 1. The zero-order valence-electron chi connectivity index (χ0n) is 18.6. The lowest BCUT2D eigenvalue weighted by Crippen LogP contribution is -2.22. The summed E-state index contributed by atoms with van der Waals surface area (Å²) in [6, 6.07) is 12.4. The van der Waals surface area contributed by atoms with Crippen molar-refractivity contribution in [1.29, 1.82) is 0 Å². The average Bonchev–Trinajstić information content (AvgIpc) is 3.19. The first kappa shape index (κ1) is 22.7. The number of fused-ring (bicyclic) bond motifs is 1. The summed E-state index contributed by atoms with van der Waals surface area (Å²) in [6.07, 6.45) is 1.99. The summed E-state index contributed by atoms with van der Waals surface area (Å²) in [4.78, 5) is 35.8. The number of nitrogens with zero attached hydrogens (tertiary/aromatic N) is 2. The van der Waals surface area contributed by atoms with E-state index >= 15 is 0 Å². The van der Waals surface area contributed by atoms with Gasteiger partial charge in [-0.25, -0.2) is 5.43 Å². The van der Waals surface area contributed by atoms with E-state index in [0.717, 1.165) is 6.42 Å². The number of anilines is 1. The minimum Gasteiger partial charge on any atom is -0.497 e. The highest BCUT2D eigenvalue weighted by atomic mass is 16.6. The van der Waals surface area contributed by atoms with Gasteiger partial charge in [0.1, 0.15) is 11.5 Å². The number of hydrogen-bond donors (Lipinski definition) is 2. The Morgan fingerprint density at radius 2 is 1.91 bits per heavy atom. The van der Waals surface area contributed by atoms with Crippen molar-refractivity contribution in [1.82, 2.24) is 5.43 Å². The third-order valence-electron chi connectivity index (χ3n) is 5.47. The first-order valence-corrected chi connectivity index (χ1v) is 10.6. The Balaban J connectivity index is 1.55. The van der Waals surface area contributed by atoms with Crippen LogP contribution in [-0.4, -0.2) is 29.6 Å². The Bertz CT molecular complexity index is 1310. The molecule has 34 heavy (non-hydrogen) atoms. The van der Waals surface area contributed by atoms with Gasteiger partial charge in [-0.05, 0) is 44.0 Å². The van der Waals surface area contributed by atoms with Gasteiger partial charge in [-0.15, -0.1) is 0 Å². The van der Waals surface area contributed by atoms with Gasteiger partial charge in [-0.1, -0.05) is 12.1 Å². The lowest BCUT2D eigenvalue weighted by atomic mass is 9.93. The van der Waals surface area contributed by atoms with Crippen molar-refractivity contribution in [2.24, 2.45) is 5.10 Å². The summed E-state index contributed by atoms with van der Waals surface area (Å²) in [5.41, 5.74) is 5.03. The fourth-order valence-electron chi connectivity index (χ4n) is 3.83. The number of nitro groups is 1. The largest absolute Gasteiger partial charge is 0.497 e. The molecule has 0 saturated heterocycles. The molecule has 1 aromatic heterocycles. The van der Waals surface area contributed by atoms with Crippen LogP contribution in [0.5, 0.6) is 5.75 Å². The first-order valence-electron chi connectivity index (χ1n) is 10.6. The molecule has 10 nitrogen and oxygen atoms in total. The van der Waals surface area contributed by atoms with Gasteiger partial charge in [0.25, 0.3) is 17.5 Å². The van der Waals surface area contributed by atoms with Crippen LogP contribution < -0.4 is 15.5 Å². The Kier molecular flexibility index (Phi) is 6.39. The molecule has 0 unspecified atom stereocenters. The maximum atomic E-state index is 12.9. The summed E-state index contributed by atoms with van der Waals surface area (Å²) in [6.45, 7) is 1.75. The highest BCUT2D eigenvalue weighted by Crippen LogP contribution is 2.30. The van der Waals surface area contributed by atoms with Crippen molar-refractivity contribution in [3.8, 4) is 5.75 Å². The second kappa shape index (κ2) is 9.57. The molecule has 0 aliphatic heterocycles. The van der Waals surface area contributed by atoms with E-state index in [1.54, 1.807) is 37.3 Å². The van der Waals surface area contributed by atoms with E-state index in [0.29, 0.717) is 46.8 Å². The van der Waals surface area contributed by atoms with Crippen LogP contribution in [0, 0.1) is 17.0 Å². The number of hydrogen-bond acceptors (Lipinski definition) is 7. The SMILES string of the molecule is COc1cccc(C(=O)N/N=C2\CCCc3oc(C(=O)Nc4cccc([N+](=O)[O-])c4)c(C)c32)c1. The predicted molar refractivity (Wildman–Crippen MR) is 124 cm³/mol. The quantitative estimate of drug-likeness (QED) is 0.416. The summed E-state index contributed by atoms with van der Waals surface area (Å²) < 4.78 is 11.0. The van der Waals surface area contributed by atoms with E-state index in [-0.39, 0.29) is 23.0 Å². The minimum absolute atomic E-state index is 0.102. The lowest BCUT2D eigenvalue weighted by molar-refractivity contribution is -0.384. The van der Waals surface area contributed by atoms with Crippen molar-refractivity contribution >= 4 is 28.9 Å². The molecule has 174 valence electrons. The molecule has 0 atom stereocenters. The second-order valence-corrected chi connectivity index (χ2v) is 7.70. The maximum absolute atomic E-state index is 12.9. The van der Waals surface area contributed by atoms with Crippen LogP contribution >= 0.6 is 0 Å². The molecule has 2 N–H and O–H groups in total. The van der Waals surface area contributed by atoms with E-state index < -0.39 is 10.8 Å². The number of ether oxygens (including phenoxy) is 1. The van der Waals surface area contributed by atoms with Crippen molar-refractivity contribution < 1.29 is 23.7 Å². The number of furan rings is 1. The number of aryl methyl sites for hydroxylation is 1. The number of carbonyl (C=O) groups is 2. The molecule has 1 aliphatic rings. The van der Waals surface area contributed by atoms with Crippen LogP contribution in [0.1, 0.15) is 50.6 Å². The molecule has 3 aromatic rings. The number of non-ortho nitro benzene ring substituents is 1. The molecule has 0 saturated carbocycles. The summed E-state index contributed by atoms with van der Waals surface area (Å²) in [5.74, 6) is 0.369. The number of rotatable bonds is 6. The first-order chi connectivity index (χ1) is 16.4. The molecule has 0 spiro atoms. The van der Waals surface area contributed by atoms with Gasteiger partial charge in [-0.3, -0.25) is 19.7 Å². The number of methoxy groups -OCH3 is 1. The number of nitrogens with one attached hydrogen (secondary N) is 2. The van der Waals surface area contributed by atoms with Gasteiger partial charge in [-0.2, -0.15) is 5.10 Å². The molecule has 2 aromatic carbocycles. The van der Waals surface area contributed by atoms with Crippen LogP contribution in [0.3, 0.4) is 0 Å². The highest BCUT2D eigenvalue weighted by molar-refractivity contribution is 6.09. The number of benzene rings is 2. The van der Waals surface area contributed by atoms with E-state index in [1.165, 1.54) is 25.3 Å². The Hall–Kier alpha value is -4.47. The molecule has 10 heteroatoms.